The molecule has 118 valence electrons. The van der Waals surface area contributed by atoms with Gasteiger partial charge in [-0.1, -0.05) is 12.1 Å². The average Bonchev–Trinajstić information content (AvgIpc) is 2.82. The Morgan fingerprint density at radius 1 is 1.33 bits per heavy atom. The summed E-state index contributed by atoms with van der Waals surface area (Å²) in [7, 11) is 0. The van der Waals surface area contributed by atoms with Crippen molar-refractivity contribution in [2.75, 3.05) is 26.2 Å². The third kappa shape index (κ3) is 5.53. The molecule has 3 N–H and O–H groups in total. The van der Waals surface area contributed by atoms with Crippen molar-refractivity contribution in [3.05, 3.63) is 29.8 Å². The van der Waals surface area contributed by atoms with Crippen LogP contribution in [0.5, 0.6) is 5.75 Å². The van der Waals surface area contributed by atoms with Gasteiger partial charge in [-0.3, -0.25) is 0 Å². The maximum atomic E-state index is 12.1. The van der Waals surface area contributed by atoms with Crippen molar-refractivity contribution in [1.82, 2.24) is 10.6 Å². The Morgan fingerprint density at radius 3 is 2.81 bits per heavy atom. The average molecular weight is 304 g/mol. The molecule has 1 saturated heterocycles. The molecule has 0 spiro atoms. The van der Waals surface area contributed by atoms with Crippen molar-refractivity contribution in [1.29, 1.82) is 0 Å². The highest BCUT2D eigenvalue weighted by Gasteiger charge is 2.28. The van der Waals surface area contributed by atoms with E-state index in [1.165, 1.54) is 6.07 Å². The summed E-state index contributed by atoms with van der Waals surface area (Å²) in [6.07, 6.45) is -4.68. The first-order valence-corrected chi connectivity index (χ1v) is 6.82. The van der Waals surface area contributed by atoms with E-state index in [1.54, 1.807) is 12.1 Å². The van der Waals surface area contributed by atoms with Crippen LogP contribution in [0.15, 0.2) is 24.3 Å². The van der Waals surface area contributed by atoms with Crippen LogP contribution in [0, 0.1) is 5.92 Å². The zero-order valence-corrected chi connectivity index (χ0v) is 11.5. The van der Waals surface area contributed by atoms with Gasteiger partial charge >= 0.3 is 6.18 Å². The summed E-state index contributed by atoms with van der Waals surface area (Å²) in [5.41, 5.74) is 0.843. The number of benzene rings is 1. The molecule has 0 radical (unpaired) electrons. The van der Waals surface area contributed by atoms with E-state index in [4.69, 9.17) is 4.74 Å². The molecule has 1 aromatic carbocycles. The molecule has 1 aliphatic rings. The molecule has 0 bridgehead atoms. The number of nitrogens with one attached hydrogen (secondary N) is 2. The number of halogens is 3. The van der Waals surface area contributed by atoms with Crippen LogP contribution < -0.4 is 15.4 Å². The molecular weight excluding hydrogens is 285 g/mol. The van der Waals surface area contributed by atoms with Gasteiger partial charge in [0, 0.05) is 32.1 Å². The molecule has 0 aliphatic carbocycles. The van der Waals surface area contributed by atoms with Gasteiger partial charge in [-0.25, -0.2) is 0 Å². The molecule has 2 atom stereocenters. The lowest BCUT2D eigenvalue weighted by Gasteiger charge is -2.14. The summed E-state index contributed by atoms with van der Waals surface area (Å²) in [6, 6.07) is 6.56. The van der Waals surface area contributed by atoms with Gasteiger partial charge in [0.25, 0.3) is 0 Å². The third-order valence-corrected chi connectivity index (χ3v) is 3.34. The lowest BCUT2D eigenvalue weighted by Crippen LogP contribution is -2.30. The van der Waals surface area contributed by atoms with Crippen LogP contribution in [0.25, 0.3) is 0 Å². The van der Waals surface area contributed by atoms with Gasteiger partial charge < -0.3 is 20.5 Å². The van der Waals surface area contributed by atoms with Crippen LogP contribution in [-0.4, -0.2) is 43.6 Å². The quantitative estimate of drug-likeness (QED) is 0.741. The lowest BCUT2D eigenvalue weighted by molar-refractivity contribution is -0.153. The number of hydrogen-bond donors (Lipinski definition) is 3. The van der Waals surface area contributed by atoms with Crippen LogP contribution in [0.1, 0.15) is 5.56 Å². The fourth-order valence-corrected chi connectivity index (χ4v) is 2.24. The van der Waals surface area contributed by atoms with Gasteiger partial charge in [0.15, 0.2) is 6.61 Å². The minimum atomic E-state index is -4.33. The van der Waals surface area contributed by atoms with Gasteiger partial charge in [-0.2, -0.15) is 13.2 Å². The number of alkyl halides is 3. The minimum Gasteiger partial charge on any atom is -0.484 e. The molecule has 0 aromatic heterocycles. The highest BCUT2D eigenvalue weighted by molar-refractivity contribution is 5.28. The van der Waals surface area contributed by atoms with Gasteiger partial charge in [0.05, 0.1) is 6.10 Å². The zero-order chi connectivity index (χ0) is 15.3. The minimum absolute atomic E-state index is 0.162. The molecular formula is C14H19F3N2O2. The summed E-state index contributed by atoms with van der Waals surface area (Å²) in [5, 5.41) is 15.9. The van der Waals surface area contributed by atoms with E-state index in [0.29, 0.717) is 19.6 Å². The Hall–Kier alpha value is -1.31. The molecule has 0 saturated carbocycles. The topological polar surface area (TPSA) is 53.5 Å². The van der Waals surface area contributed by atoms with E-state index in [2.05, 4.69) is 10.6 Å². The second kappa shape index (κ2) is 7.11. The monoisotopic (exact) mass is 304 g/mol. The number of rotatable bonds is 6. The van der Waals surface area contributed by atoms with Gasteiger partial charge in [-0.15, -0.1) is 0 Å². The molecule has 2 rings (SSSR count). The first-order chi connectivity index (χ1) is 9.94. The SMILES string of the molecule is OC1CNCC1CNCc1cccc(OCC(F)(F)F)c1. The summed E-state index contributed by atoms with van der Waals surface area (Å²) in [6.45, 7) is 1.26. The van der Waals surface area contributed by atoms with Crippen molar-refractivity contribution >= 4 is 0 Å². The summed E-state index contributed by atoms with van der Waals surface area (Å²) >= 11 is 0. The first-order valence-electron chi connectivity index (χ1n) is 6.82. The van der Waals surface area contributed by atoms with E-state index in [1.807, 2.05) is 6.07 Å². The van der Waals surface area contributed by atoms with Crippen LogP contribution in [-0.2, 0) is 6.54 Å². The Kier molecular flexibility index (Phi) is 5.44. The maximum absolute atomic E-state index is 12.1. The number of aliphatic hydroxyl groups excluding tert-OH is 1. The van der Waals surface area contributed by atoms with E-state index >= 15 is 0 Å². The van der Waals surface area contributed by atoms with Crippen molar-refractivity contribution in [3.63, 3.8) is 0 Å². The Bertz CT molecular complexity index is 454. The lowest BCUT2D eigenvalue weighted by atomic mass is 10.1. The van der Waals surface area contributed by atoms with Crippen LogP contribution in [0.4, 0.5) is 13.2 Å². The summed E-state index contributed by atoms with van der Waals surface area (Å²) < 4.78 is 41.0. The molecule has 21 heavy (non-hydrogen) atoms. The Labute approximate surface area is 121 Å². The molecule has 1 fully saturated rings. The second-order valence-electron chi connectivity index (χ2n) is 5.17. The summed E-state index contributed by atoms with van der Waals surface area (Å²) in [5.74, 6) is 0.365. The third-order valence-electron chi connectivity index (χ3n) is 3.34. The predicted molar refractivity (Wildman–Crippen MR) is 72.1 cm³/mol. The largest absolute Gasteiger partial charge is 0.484 e. The van der Waals surface area contributed by atoms with E-state index < -0.39 is 12.8 Å². The van der Waals surface area contributed by atoms with E-state index in [-0.39, 0.29) is 17.8 Å². The highest BCUT2D eigenvalue weighted by Crippen LogP contribution is 2.19. The van der Waals surface area contributed by atoms with Gasteiger partial charge in [0.2, 0.25) is 0 Å². The highest BCUT2D eigenvalue weighted by atomic mass is 19.4. The first kappa shape index (κ1) is 16.1. The summed E-state index contributed by atoms with van der Waals surface area (Å²) in [4.78, 5) is 0. The Balaban J connectivity index is 1.78. The van der Waals surface area contributed by atoms with Crippen molar-refractivity contribution in [3.8, 4) is 5.75 Å². The second-order valence-corrected chi connectivity index (χ2v) is 5.17. The Morgan fingerprint density at radius 2 is 2.14 bits per heavy atom. The normalized spacial score (nSPS) is 22.5. The number of β-amino-alcohol motifs (C(OH)–C–C–N with tert-alkyl or cyclic N) is 1. The molecule has 0 amide bonds. The molecule has 1 aromatic rings. The zero-order valence-electron chi connectivity index (χ0n) is 11.5. The van der Waals surface area contributed by atoms with Crippen molar-refractivity contribution < 1.29 is 23.0 Å². The molecule has 1 heterocycles. The van der Waals surface area contributed by atoms with Gasteiger partial charge in [0.1, 0.15) is 5.75 Å². The van der Waals surface area contributed by atoms with Crippen LogP contribution >= 0.6 is 0 Å². The maximum Gasteiger partial charge on any atom is 0.422 e. The number of hydrogen-bond acceptors (Lipinski definition) is 4. The number of ether oxygens (including phenoxy) is 1. The fraction of sp³-hybridized carbons (Fsp3) is 0.571. The smallest absolute Gasteiger partial charge is 0.422 e. The molecule has 2 unspecified atom stereocenters. The van der Waals surface area contributed by atoms with Crippen molar-refractivity contribution in [2.45, 2.75) is 18.8 Å². The fourth-order valence-electron chi connectivity index (χ4n) is 2.24. The van der Waals surface area contributed by atoms with Crippen LogP contribution in [0.2, 0.25) is 0 Å². The number of aliphatic hydroxyl groups is 1. The molecule has 4 nitrogen and oxygen atoms in total. The van der Waals surface area contributed by atoms with Crippen molar-refractivity contribution in [2.24, 2.45) is 5.92 Å². The molecule has 7 heteroatoms. The molecule has 1 aliphatic heterocycles. The van der Waals surface area contributed by atoms with Gasteiger partial charge in [-0.05, 0) is 17.7 Å². The van der Waals surface area contributed by atoms with Crippen LogP contribution in [0.3, 0.4) is 0 Å². The predicted octanol–water partition coefficient (Wildman–Crippen LogP) is 1.30. The van der Waals surface area contributed by atoms with E-state index in [9.17, 15) is 18.3 Å². The van der Waals surface area contributed by atoms with E-state index in [0.717, 1.165) is 12.1 Å². The standard InChI is InChI=1S/C14H19F3N2O2/c15-14(16,17)9-21-12-3-1-2-10(4-12)5-18-6-11-7-19-8-13(11)20/h1-4,11,13,18-20H,5-9H2.